The average Bonchev–Trinajstić information content (AvgIpc) is 2.39. The normalized spacial score (nSPS) is 40.0. The third-order valence-electron chi connectivity index (χ3n) is 5.94. The largest absolute Gasteiger partial charge is 0.388 e. The van der Waals surface area contributed by atoms with Gasteiger partial charge < -0.3 is 9.84 Å². The summed E-state index contributed by atoms with van der Waals surface area (Å²) in [4.78, 5) is 0. The molecule has 0 aromatic rings. The minimum atomic E-state index is -0.888. The molecule has 1 saturated heterocycles. The van der Waals surface area contributed by atoms with Crippen molar-refractivity contribution in [3.05, 3.63) is 0 Å². The lowest BCUT2D eigenvalue weighted by atomic mass is 9.55. The van der Waals surface area contributed by atoms with Crippen LogP contribution in [0.3, 0.4) is 0 Å². The van der Waals surface area contributed by atoms with Crippen LogP contribution in [0, 0.1) is 22.2 Å². The van der Waals surface area contributed by atoms with E-state index in [1.807, 2.05) is 0 Å². The van der Waals surface area contributed by atoms with Crippen LogP contribution in [0.1, 0.15) is 72.6 Å². The van der Waals surface area contributed by atoms with E-state index in [1.54, 1.807) is 0 Å². The van der Waals surface area contributed by atoms with E-state index in [2.05, 4.69) is 33.8 Å². The summed E-state index contributed by atoms with van der Waals surface area (Å²) in [5.41, 5.74) is -1.45. The molecule has 0 radical (unpaired) electrons. The van der Waals surface area contributed by atoms with Crippen LogP contribution in [0.5, 0.6) is 0 Å². The van der Waals surface area contributed by atoms with Gasteiger partial charge in [-0.1, -0.05) is 20.8 Å². The van der Waals surface area contributed by atoms with E-state index < -0.39 is 11.0 Å². The van der Waals surface area contributed by atoms with Gasteiger partial charge in [-0.2, -0.15) is 5.26 Å². The second-order valence-corrected chi connectivity index (χ2v) is 7.97. The van der Waals surface area contributed by atoms with Crippen molar-refractivity contribution < 1.29 is 9.84 Å². The van der Waals surface area contributed by atoms with Crippen molar-refractivity contribution in [2.24, 2.45) is 10.8 Å². The lowest BCUT2D eigenvalue weighted by Crippen LogP contribution is -2.57. The Hall–Kier alpha value is -0.590. The molecule has 0 spiro atoms. The molecule has 20 heavy (non-hydrogen) atoms. The van der Waals surface area contributed by atoms with Gasteiger partial charge in [0.05, 0.1) is 29.3 Å². The molecular weight excluding hydrogens is 250 g/mol. The summed E-state index contributed by atoms with van der Waals surface area (Å²) in [5.74, 6) is 0. The van der Waals surface area contributed by atoms with Crippen molar-refractivity contribution in [2.45, 2.75) is 83.8 Å². The summed E-state index contributed by atoms with van der Waals surface area (Å²) in [6.07, 6.45) is 5.72. The highest BCUT2D eigenvalue weighted by Crippen LogP contribution is 2.55. The van der Waals surface area contributed by atoms with Crippen molar-refractivity contribution in [3.63, 3.8) is 0 Å². The number of aliphatic hydroxyl groups is 1. The molecule has 1 aliphatic heterocycles. The topological polar surface area (TPSA) is 53.2 Å². The van der Waals surface area contributed by atoms with Crippen LogP contribution in [0.15, 0.2) is 0 Å². The Morgan fingerprint density at radius 3 is 2.20 bits per heavy atom. The van der Waals surface area contributed by atoms with E-state index in [4.69, 9.17) is 4.74 Å². The van der Waals surface area contributed by atoms with E-state index >= 15 is 0 Å². The molecule has 1 heterocycles. The van der Waals surface area contributed by atoms with Crippen LogP contribution >= 0.6 is 0 Å². The molecule has 2 atom stereocenters. The van der Waals surface area contributed by atoms with Crippen LogP contribution in [-0.2, 0) is 4.74 Å². The molecule has 2 aliphatic rings. The highest BCUT2D eigenvalue weighted by molar-refractivity contribution is 5.16. The van der Waals surface area contributed by atoms with Gasteiger partial charge in [0, 0.05) is 12.8 Å². The van der Waals surface area contributed by atoms with Gasteiger partial charge in [-0.15, -0.1) is 0 Å². The molecule has 0 aromatic carbocycles. The van der Waals surface area contributed by atoms with Crippen molar-refractivity contribution in [1.29, 1.82) is 5.26 Å². The van der Waals surface area contributed by atoms with E-state index in [0.717, 1.165) is 32.1 Å². The van der Waals surface area contributed by atoms with E-state index in [0.29, 0.717) is 24.9 Å². The molecule has 0 amide bonds. The Labute approximate surface area is 123 Å². The highest BCUT2D eigenvalue weighted by Gasteiger charge is 2.57. The van der Waals surface area contributed by atoms with E-state index in [-0.39, 0.29) is 5.60 Å². The van der Waals surface area contributed by atoms with Gasteiger partial charge in [0.15, 0.2) is 0 Å². The molecule has 1 aliphatic carbocycles. The van der Waals surface area contributed by atoms with Crippen molar-refractivity contribution in [2.75, 3.05) is 6.61 Å². The molecule has 3 heteroatoms. The first-order chi connectivity index (χ1) is 9.20. The third kappa shape index (κ3) is 2.61. The fourth-order valence-corrected chi connectivity index (χ4v) is 3.89. The summed E-state index contributed by atoms with van der Waals surface area (Å²) >= 11 is 0. The van der Waals surface area contributed by atoms with Crippen molar-refractivity contribution >= 4 is 0 Å². The van der Waals surface area contributed by atoms with E-state index in [9.17, 15) is 10.4 Å². The van der Waals surface area contributed by atoms with Crippen LogP contribution in [0.25, 0.3) is 0 Å². The smallest absolute Gasteiger partial charge is 0.0882 e. The summed E-state index contributed by atoms with van der Waals surface area (Å²) in [6.45, 7) is 9.24. The number of hydrogen-bond acceptors (Lipinski definition) is 3. The van der Waals surface area contributed by atoms with Gasteiger partial charge in [-0.25, -0.2) is 0 Å². The van der Waals surface area contributed by atoms with Gasteiger partial charge in [-0.05, 0) is 44.4 Å². The minimum Gasteiger partial charge on any atom is -0.388 e. The Bertz CT molecular complexity index is 402. The van der Waals surface area contributed by atoms with Crippen LogP contribution < -0.4 is 0 Å². The fourth-order valence-electron chi connectivity index (χ4n) is 3.89. The highest BCUT2D eigenvalue weighted by atomic mass is 16.5. The molecular formula is C17H29NO2. The first kappa shape index (κ1) is 15.8. The van der Waals surface area contributed by atoms with Gasteiger partial charge in [0.1, 0.15) is 0 Å². The zero-order valence-corrected chi connectivity index (χ0v) is 13.5. The minimum absolute atomic E-state index is 0.288. The first-order valence-electron chi connectivity index (χ1n) is 7.98. The second-order valence-electron chi connectivity index (χ2n) is 7.97. The van der Waals surface area contributed by atoms with Crippen LogP contribution in [0.2, 0.25) is 0 Å². The molecule has 0 aromatic heterocycles. The summed E-state index contributed by atoms with van der Waals surface area (Å²) in [5, 5.41) is 21.1. The van der Waals surface area contributed by atoms with Crippen molar-refractivity contribution in [1.82, 2.24) is 0 Å². The van der Waals surface area contributed by atoms with Gasteiger partial charge in [0.2, 0.25) is 0 Å². The number of hydrogen-bond donors (Lipinski definition) is 1. The van der Waals surface area contributed by atoms with Gasteiger partial charge >= 0.3 is 0 Å². The molecule has 2 fully saturated rings. The molecule has 114 valence electrons. The zero-order valence-electron chi connectivity index (χ0n) is 13.5. The lowest BCUT2D eigenvalue weighted by Gasteiger charge is -2.53. The third-order valence-corrected chi connectivity index (χ3v) is 5.94. The maximum atomic E-state index is 11.3. The molecule has 2 rings (SSSR count). The van der Waals surface area contributed by atoms with Crippen LogP contribution in [-0.4, -0.2) is 22.9 Å². The fraction of sp³-hybridized carbons (Fsp3) is 0.941. The maximum Gasteiger partial charge on any atom is 0.0882 e. The molecule has 1 N–H and O–H groups in total. The number of nitriles is 1. The van der Waals surface area contributed by atoms with Crippen LogP contribution in [0.4, 0.5) is 0 Å². The first-order valence-corrected chi connectivity index (χ1v) is 7.98. The number of nitrogens with zero attached hydrogens (tertiary/aromatic N) is 1. The lowest BCUT2D eigenvalue weighted by molar-refractivity contribution is -0.198. The Morgan fingerprint density at radius 1 is 1.10 bits per heavy atom. The average molecular weight is 279 g/mol. The summed E-state index contributed by atoms with van der Waals surface area (Å²) in [6, 6.07) is 2.52. The molecule has 1 saturated carbocycles. The monoisotopic (exact) mass is 279 g/mol. The zero-order chi connectivity index (χ0) is 15.1. The standard InChI is InChI=1S/C17H29NO2/c1-5-15(4)12-17(19,10-11-20-15)16(13-18)8-6-14(2,3)7-9-16/h19H,5-12H2,1-4H3. The quantitative estimate of drug-likeness (QED) is 0.836. The molecule has 2 unspecified atom stereocenters. The Morgan fingerprint density at radius 2 is 1.70 bits per heavy atom. The van der Waals surface area contributed by atoms with E-state index in [1.165, 1.54) is 0 Å². The number of ether oxygens (including phenoxy) is 1. The number of rotatable bonds is 2. The predicted molar refractivity (Wildman–Crippen MR) is 79.1 cm³/mol. The molecule has 3 nitrogen and oxygen atoms in total. The Kier molecular flexibility index (Phi) is 3.95. The Balaban J connectivity index is 2.25. The summed E-state index contributed by atoms with van der Waals surface area (Å²) < 4.78 is 5.86. The predicted octanol–water partition coefficient (Wildman–Crippen LogP) is 3.81. The SMILES string of the molecule is CCC1(C)CC(O)(C2(C#N)CCC(C)(C)CC2)CCO1. The summed E-state index contributed by atoms with van der Waals surface area (Å²) in [7, 11) is 0. The van der Waals surface area contributed by atoms with Crippen molar-refractivity contribution in [3.8, 4) is 6.07 Å². The van der Waals surface area contributed by atoms with Gasteiger partial charge in [-0.3, -0.25) is 0 Å². The second kappa shape index (κ2) is 5.00. The molecule has 0 bridgehead atoms. The van der Waals surface area contributed by atoms with Gasteiger partial charge in [0.25, 0.3) is 0 Å². The maximum absolute atomic E-state index is 11.3.